The van der Waals surface area contributed by atoms with Crippen LogP contribution in [0.1, 0.15) is 57.8 Å². The number of amides is 2. The summed E-state index contributed by atoms with van der Waals surface area (Å²) >= 11 is 6.21. The van der Waals surface area contributed by atoms with Gasteiger partial charge in [-0.05, 0) is 37.0 Å². The summed E-state index contributed by atoms with van der Waals surface area (Å²) in [5.74, 6) is 0.827. The second-order valence-corrected chi connectivity index (χ2v) is 7.31. The summed E-state index contributed by atoms with van der Waals surface area (Å²) in [6.45, 7) is 0.732. The lowest BCUT2D eigenvalue weighted by atomic mass is 9.86. The van der Waals surface area contributed by atoms with Gasteiger partial charge in [-0.15, -0.1) is 0 Å². The van der Waals surface area contributed by atoms with Crippen molar-refractivity contribution in [2.75, 3.05) is 16.8 Å². The Hall–Kier alpha value is -1.55. The van der Waals surface area contributed by atoms with Gasteiger partial charge in [0.1, 0.15) is 0 Å². The Labute approximate surface area is 148 Å². The highest BCUT2D eigenvalue weighted by Gasteiger charge is 2.22. The van der Waals surface area contributed by atoms with Crippen LogP contribution in [0.4, 0.5) is 11.4 Å². The largest absolute Gasteiger partial charge is 0.325 e. The first-order valence-electron chi connectivity index (χ1n) is 9.03. The Morgan fingerprint density at radius 2 is 2.00 bits per heavy atom. The van der Waals surface area contributed by atoms with E-state index in [0.29, 0.717) is 29.5 Å². The number of nitrogens with one attached hydrogen (secondary N) is 1. The van der Waals surface area contributed by atoms with Crippen molar-refractivity contribution in [3.8, 4) is 0 Å². The van der Waals surface area contributed by atoms with Crippen molar-refractivity contribution in [3.63, 3.8) is 0 Å². The fourth-order valence-corrected chi connectivity index (χ4v) is 3.89. The minimum Gasteiger partial charge on any atom is -0.325 e. The minimum atomic E-state index is 0.00683. The van der Waals surface area contributed by atoms with E-state index in [1.807, 2.05) is 12.1 Å². The number of hydrogen-bond donors (Lipinski definition) is 1. The zero-order valence-corrected chi connectivity index (χ0v) is 14.8. The molecular formula is C19H25ClN2O2. The van der Waals surface area contributed by atoms with E-state index < -0.39 is 0 Å². The van der Waals surface area contributed by atoms with E-state index in [2.05, 4.69) is 5.32 Å². The van der Waals surface area contributed by atoms with E-state index in [0.717, 1.165) is 25.1 Å². The molecule has 1 N–H and O–H groups in total. The fraction of sp³-hybridized carbons (Fsp3) is 0.579. The smallest absolute Gasteiger partial charge is 0.227 e. The van der Waals surface area contributed by atoms with Crippen LogP contribution in [0.5, 0.6) is 0 Å². The molecule has 2 amide bonds. The highest BCUT2D eigenvalue weighted by atomic mass is 35.5. The van der Waals surface area contributed by atoms with Crippen LogP contribution in [0.2, 0.25) is 5.02 Å². The number of nitrogens with zero attached hydrogens (tertiary/aromatic N) is 1. The van der Waals surface area contributed by atoms with Gasteiger partial charge in [0.05, 0.1) is 10.7 Å². The maximum atomic E-state index is 12.3. The Bertz CT molecular complexity index is 611. The number of anilines is 2. The van der Waals surface area contributed by atoms with Gasteiger partial charge in [0.25, 0.3) is 0 Å². The lowest BCUT2D eigenvalue weighted by molar-refractivity contribution is -0.117. The molecule has 2 aliphatic rings. The molecule has 1 saturated heterocycles. The third-order valence-corrected chi connectivity index (χ3v) is 5.44. The predicted molar refractivity (Wildman–Crippen MR) is 97.5 cm³/mol. The number of halogens is 1. The zero-order valence-electron chi connectivity index (χ0n) is 14.0. The van der Waals surface area contributed by atoms with E-state index in [4.69, 9.17) is 11.6 Å². The molecule has 1 aromatic carbocycles. The number of rotatable bonds is 5. The standard InChI is InChI=1S/C19H25ClN2O2/c20-16-10-9-15(22-12-4-7-19(22)24)13-17(16)21-18(23)11-8-14-5-2-1-3-6-14/h9-10,13-14H,1-8,11-12H2,(H,21,23). The SMILES string of the molecule is O=C(CCC1CCCCC1)Nc1cc(N2CCCC2=O)ccc1Cl. The maximum absolute atomic E-state index is 12.3. The Morgan fingerprint density at radius 1 is 1.21 bits per heavy atom. The Morgan fingerprint density at radius 3 is 2.71 bits per heavy atom. The molecule has 2 fully saturated rings. The third-order valence-electron chi connectivity index (χ3n) is 5.11. The summed E-state index contributed by atoms with van der Waals surface area (Å²) in [6, 6.07) is 5.40. The van der Waals surface area contributed by atoms with Gasteiger partial charge in [0.15, 0.2) is 0 Å². The van der Waals surface area contributed by atoms with Crippen LogP contribution >= 0.6 is 11.6 Å². The van der Waals surface area contributed by atoms with Gasteiger partial charge in [-0.25, -0.2) is 0 Å². The average molecular weight is 349 g/mol. The average Bonchev–Trinajstić information content (AvgIpc) is 3.02. The molecule has 0 aromatic heterocycles. The molecule has 1 heterocycles. The zero-order chi connectivity index (χ0) is 16.9. The van der Waals surface area contributed by atoms with Gasteiger partial charge >= 0.3 is 0 Å². The first kappa shape index (κ1) is 17.3. The Balaban J connectivity index is 1.59. The van der Waals surface area contributed by atoms with Gasteiger partial charge in [-0.1, -0.05) is 43.7 Å². The molecule has 0 bridgehead atoms. The number of carbonyl (C=O) groups is 2. The molecule has 1 aromatic rings. The van der Waals surface area contributed by atoms with Crippen LogP contribution < -0.4 is 10.2 Å². The normalized spacial score (nSPS) is 18.9. The third kappa shape index (κ3) is 4.29. The van der Waals surface area contributed by atoms with Crippen molar-refractivity contribution >= 4 is 34.8 Å². The maximum Gasteiger partial charge on any atom is 0.227 e. The van der Waals surface area contributed by atoms with Crippen molar-refractivity contribution in [1.29, 1.82) is 0 Å². The summed E-state index contributed by atoms with van der Waals surface area (Å²) < 4.78 is 0. The van der Waals surface area contributed by atoms with Crippen molar-refractivity contribution in [3.05, 3.63) is 23.2 Å². The molecular weight excluding hydrogens is 324 g/mol. The highest BCUT2D eigenvalue weighted by molar-refractivity contribution is 6.33. The molecule has 0 atom stereocenters. The summed E-state index contributed by atoms with van der Waals surface area (Å²) in [5.41, 5.74) is 1.41. The predicted octanol–water partition coefficient (Wildman–Crippen LogP) is 4.77. The van der Waals surface area contributed by atoms with Crippen LogP contribution in [-0.4, -0.2) is 18.4 Å². The molecule has 0 unspecified atom stereocenters. The quantitative estimate of drug-likeness (QED) is 0.833. The van der Waals surface area contributed by atoms with Gasteiger partial charge in [0.2, 0.25) is 11.8 Å². The first-order valence-corrected chi connectivity index (χ1v) is 9.41. The second-order valence-electron chi connectivity index (χ2n) is 6.90. The molecule has 24 heavy (non-hydrogen) atoms. The molecule has 1 saturated carbocycles. The number of hydrogen-bond acceptors (Lipinski definition) is 2. The first-order chi connectivity index (χ1) is 11.6. The molecule has 3 rings (SSSR count). The molecule has 5 heteroatoms. The van der Waals surface area contributed by atoms with E-state index in [1.54, 1.807) is 11.0 Å². The van der Waals surface area contributed by atoms with E-state index in [9.17, 15) is 9.59 Å². The number of carbonyl (C=O) groups excluding carboxylic acids is 2. The number of benzene rings is 1. The lowest BCUT2D eigenvalue weighted by Gasteiger charge is -2.21. The van der Waals surface area contributed by atoms with Crippen molar-refractivity contribution in [1.82, 2.24) is 0 Å². The molecule has 1 aliphatic heterocycles. The highest BCUT2D eigenvalue weighted by Crippen LogP contribution is 2.31. The minimum absolute atomic E-state index is 0.00683. The van der Waals surface area contributed by atoms with Gasteiger partial charge < -0.3 is 10.2 Å². The van der Waals surface area contributed by atoms with Crippen molar-refractivity contribution in [2.45, 2.75) is 57.8 Å². The lowest BCUT2D eigenvalue weighted by Crippen LogP contribution is -2.24. The van der Waals surface area contributed by atoms with Crippen molar-refractivity contribution < 1.29 is 9.59 Å². The monoisotopic (exact) mass is 348 g/mol. The topological polar surface area (TPSA) is 49.4 Å². The van der Waals surface area contributed by atoms with E-state index in [-0.39, 0.29) is 11.8 Å². The van der Waals surface area contributed by atoms with Gasteiger partial charge in [0, 0.05) is 25.1 Å². The summed E-state index contributed by atoms with van der Waals surface area (Å²) in [5, 5.41) is 3.43. The molecule has 0 spiro atoms. The molecule has 4 nitrogen and oxygen atoms in total. The van der Waals surface area contributed by atoms with Gasteiger partial charge in [-0.2, -0.15) is 0 Å². The Kier molecular flexibility index (Phi) is 5.77. The van der Waals surface area contributed by atoms with Crippen molar-refractivity contribution in [2.24, 2.45) is 5.92 Å². The van der Waals surface area contributed by atoms with Crippen LogP contribution in [0.15, 0.2) is 18.2 Å². The van der Waals surface area contributed by atoms with E-state index in [1.165, 1.54) is 32.1 Å². The van der Waals surface area contributed by atoms with Crippen LogP contribution in [0, 0.1) is 5.92 Å². The molecule has 0 radical (unpaired) electrons. The molecule has 1 aliphatic carbocycles. The fourth-order valence-electron chi connectivity index (χ4n) is 3.72. The summed E-state index contributed by atoms with van der Waals surface area (Å²) in [4.78, 5) is 25.9. The summed E-state index contributed by atoms with van der Waals surface area (Å²) in [7, 11) is 0. The van der Waals surface area contributed by atoms with Gasteiger partial charge in [-0.3, -0.25) is 9.59 Å². The van der Waals surface area contributed by atoms with Crippen LogP contribution in [0.25, 0.3) is 0 Å². The summed E-state index contributed by atoms with van der Waals surface area (Å²) in [6.07, 6.45) is 9.38. The van der Waals surface area contributed by atoms with E-state index >= 15 is 0 Å². The molecule has 130 valence electrons. The van der Waals surface area contributed by atoms with Crippen LogP contribution in [0.3, 0.4) is 0 Å². The van der Waals surface area contributed by atoms with Crippen LogP contribution in [-0.2, 0) is 9.59 Å². The second kappa shape index (κ2) is 8.02.